The smallest absolute Gasteiger partial charge is 0.0496 e. The number of hydrogen-bond acceptors (Lipinski definition) is 1. The van der Waals surface area contributed by atoms with Crippen LogP contribution < -0.4 is 0 Å². The molecule has 1 fully saturated rings. The van der Waals surface area contributed by atoms with Crippen molar-refractivity contribution in [2.24, 2.45) is 5.92 Å². The van der Waals surface area contributed by atoms with E-state index in [1.54, 1.807) is 0 Å². The average molecular weight is 85.1 g/mol. The van der Waals surface area contributed by atoms with Crippen LogP contribution >= 0.6 is 0 Å². The lowest BCUT2D eigenvalue weighted by Crippen LogP contribution is -1.80. The molecule has 0 aliphatic heterocycles. The zero-order valence-corrected chi connectivity index (χ0v) is 3.94. The number of aliphatic hydroxyl groups excluding tert-OH is 1. The number of rotatable bonds is 1. The second kappa shape index (κ2) is 1.23. The minimum absolute atomic E-state index is 0.321. The molecule has 1 unspecified atom stereocenters. The van der Waals surface area contributed by atoms with E-state index in [2.05, 4.69) is 6.92 Å². The van der Waals surface area contributed by atoms with Gasteiger partial charge in [0.15, 0.2) is 0 Å². The predicted molar refractivity (Wildman–Crippen MR) is 24.1 cm³/mol. The third-order valence-corrected chi connectivity index (χ3v) is 1.31. The summed E-state index contributed by atoms with van der Waals surface area (Å²) in [6, 6.07) is 0. The van der Waals surface area contributed by atoms with Crippen LogP contribution in [-0.2, 0) is 0 Å². The predicted octanol–water partition coefficient (Wildman–Crippen LogP) is 0.593. The molecule has 6 heavy (non-hydrogen) atoms. The minimum atomic E-state index is 0.321. The fourth-order valence-corrected chi connectivity index (χ4v) is 0.555. The molecule has 0 aromatic rings. The standard InChI is InChI=1S/C5H9O/c1-4-2-5(4)3-6/h4,6H,2-3H2,1H3. The van der Waals surface area contributed by atoms with Gasteiger partial charge in [-0.25, -0.2) is 0 Å². The molecule has 1 radical (unpaired) electrons. The van der Waals surface area contributed by atoms with Crippen LogP contribution in [0.25, 0.3) is 0 Å². The largest absolute Gasteiger partial charge is 0.396 e. The maximum Gasteiger partial charge on any atom is 0.0496 e. The van der Waals surface area contributed by atoms with Crippen LogP contribution in [0.2, 0.25) is 0 Å². The minimum Gasteiger partial charge on any atom is -0.396 e. The quantitative estimate of drug-likeness (QED) is 0.494. The highest BCUT2D eigenvalue weighted by Gasteiger charge is 2.31. The molecule has 1 aliphatic carbocycles. The summed E-state index contributed by atoms with van der Waals surface area (Å²) in [5.74, 6) is 2.05. The van der Waals surface area contributed by atoms with Crippen molar-refractivity contribution >= 4 is 0 Å². The van der Waals surface area contributed by atoms with E-state index < -0.39 is 0 Å². The lowest BCUT2D eigenvalue weighted by atomic mass is 10.4. The van der Waals surface area contributed by atoms with Crippen molar-refractivity contribution in [3.05, 3.63) is 5.92 Å². The molecule has 1 rings (SSSR count). The first-order valence-electron chi connectivity index (χ1n) is 2.30. The molecule has 0 aromatic heterocycles. The normalized spacial score (nSPS) is 34.0. The third-order valence-electron chi connectivity index (χ3n) is 1.31. The van der Waals surface area contributed by atoms with Gasteiger partial charge in [0.2, 0.25) is 0 Å². The summed E-state index contributed by atoms with van der Waals surface area (Å²) in [6.45, 7) is 2.45. The molecule has 1 nitrogen and oxygen atoms in total. The fraction of sp³-hybridized carbons (Fsp3) is 0.800. The van der Waals surface area contributed by atoms with Crippen molar-refractivity contribution in [1.82, 2.24) is 0 Å². The first kappa shape index (κ1) is 4.13. The molecule has 35 valence electrons. The first-order chi connectivity index (χ1) is 2.84. The lowest BCUT2D eigenvalue weighted by molar-refractivity contribution is 0.320. The summed E-state index contributed by atoms with van der Waals surface area (Å²) in [6.07, 6.45) is 1.16. The van der Waals surface area contributed by atoms with Crippen molar-refractivity contribution in [1.29, 1.82) is 0 Å². The molecule has 0 spiro atoms. The van der Waals surface area contributed by atoms with Gasteiger partial charge in [-0.15, -0.1) is 0 Å². The van der Waals surface area contributed by atoms with E-state index in [1.807, 2.05) is 0 Å². The van der Waals surface area contributed by atoms with E-state index in [4.69, 9.17) is 5.11 Å². The third kappa shape index (κ3) is 0.548. The number of hydrogen-bond donors (Lipinski definition) is 1. The Labute approximate surface area is 38.0 Å². The second-order valence-electron chi connectivity index (χ2n) is 1.92. The summed E-state index contributed by atoms with van der Waals surface area (Å²) in [5, 5.41) is 8.34. The molecule has 0 aromatic carbocycles. The Hall–Kier alpha value is -0.0400. The van der Waals surface area contributed by atoms with Crippen molar-refractivity contribution in [3.8, 4) is 0 Å². The monoisotopic (exact) mass is 85.1 g/mol. The molecular formula is C5H9O. The van der Waals surface area contributed by atoms with E-state index in [0.29, 0.717) is 6.61 Å². The van der Waals surface area contributed by atoms with E-state index in [-0.39, 0.29) is 0 Å². The van der Waals surface area contributed by atoms with Crippen molar-refractivity contribution in [2.45, 2.75) is 13.3 Å². The van der Waals surface area contributed by atoms with E-state index in [9.17, 15) is 0 Å². The van der Waals surface area contributed by atoms with Gasteiger partial charge in [0, 0.05) is 12.5 Å². The SMILES string of the molecule is CC1C[C]1CO. The first-order valence-corrected chi connectivity index (χ1v) is 2.30. The van der Waals surface area contributed by atoms with Gasteiger partial charge in [-0.2, -0.15) is 0 Å². The van der Waals surface area contributed by atoms with E-state index in [0.717, 1.165) is 12.3 Å². The average Bonchev–Trinajstić information content (AvgIpc) is 2.19. The Balaban J connectivity index is 2.09. The molecule has 0 heterocycles. The van der Waals surface area contributed by atoms with Gasteiger partial charge < -0.3 is 5.11 Å². The lowest BCUT2D eigenvalue weighted by Gasteiger charge is -1.78. The van der Waals surface area contributed by atoms with Crippen LogP contribution in [0.1, 0.15) is 13.3 Å². The zero-order valence-electron chi connectivity index (χ0n) is 3.94. The maximum atomic E-state index is 8.34. The van der Waals surface area contributed by atoms with Crippen LogP contribution in [0.15, 0.2) is 0 Å². The Morgan fingerprint density at radius 3 is 2.50 bits per heavy atom. The molecular weight excluding hydrogens is 76.1 g/mol. The highest BCUT2D eigenvalue weighted by molar-refractivity contribution is 5.11. The van der Waals surface area contributed by atoms with Gasteiger partial charge in [0.05, 0.1) is 0 Å². The molecule has 0 amide bonds. The summed E-state index contributed by atoms with van der Waals surface area (Å²) in [4.78, 5) is 0. The topological polar surface area (TPSA) is 20.2 Å². The molecule has 1 saturated carbocycles. The van der Waals surface area contributed by atoms with Crippen molar-refractivity contribution in [3.63, 3.8) is 0 Å². The highest BCUT2D eigenvalue weighted by atomic mass is 16.3. The van der Waals surface area contributed by atoms with Gasteiger partial charge in [-0.3, -0.25) is 0 Å². The van der Waals surface area contributed by atoms with E-state index in [1.165, 1.54) is 5.92 Å². The van der Waals surface area contributed by atoms with Gasteiger partial charge >= 0.3 is 0 Å². The van der Waals surface area contributed by atoms with E-state index >= 15 is 0 Å². The molecule has 1 atom stereocenters. The van der Waals surface area contributed by atoms with Gasteiger partial charge in [0.1, 0.15) is 0 Å². The Morgan fingerprint density at radius 2 is 2.50 bits per heavy atom. The number of aliphatic hydroxyl groups is 1. The van der Waals surface area contributed by atoms with Crippen LogP contribution in [0.5, 0.6) is 0 Å². The van der Waals surface area contributed by atoms with Crippen LogP contribution in [-0.4, -0.2) is 11.7 Å². The Morgan fingerprint density at radius 1 is 2.00 bits per heavy atom. The van der Waals surface area contributed by atoms with Crippen LogP contribution in [0.4, 0.5) is 0 Å². The molecule has 1 aliphatic rings. The van der Waals surface area contributed by atoms with Crippen molar-refractivity contribution < 1.29 is 5.11 Å². The molecule has 0 saturated heterocycles. The van der Waals surface area contributed by atoms with Gasteiger partial charge in [0.25, 0.3) is 0 Å². The summed E-state index contributed by atoms with van der Waals surface area (Å²) < 4.78 is 0. The van der Waals surface area contributed by atoms with Gasteiger partial charge in [-0.05, 0) is 12.3 Å². The van der Waals surface area contributed by atoms with Crippen LogP contribution in [0.3, 0.4) is 0 Å². The summed E-state index contributed by atoms with van der Waals surface area (Å²) in [5.41, 5.74) is 0. The maximum absolute atomic E-state index is 8.34. The second-order valence-corrected chi connectivity index (χ2v) is 1.92. The summed E-state index contributed by atoms with van der Waals surface area (Å²) >= 11 is 0. The summed E-state index contributed by atoms with van der Waals surface area (Å²) in [7, 11) is 0. The molecule has 1 N–H and O–H groups in total. The Bertz CT molecular complexity index is 49.9. The van der Waals surface area contributed by atoms with Gasteiger partial charge in [-0.1, -0.05) is 6.92 Å². The Kier molecular flexibility index (Phi) is 0.845. The highest BCUT2D eigenvalue weighted by Crippen LogP contribution is 2.39. The molecule has 1 heteroatoms. The zero-order chi connectivity index (χ0) is 4.57. The van der Waals surface area contributed by atoms with Crippen molar-refractivity contribution in [2.75, 3.05) is 6.61 Å². The fourth-order valence-electron chi connectivity index (χ4n) is 0.555. The molecule has 0 bridgehead atoms. The van der Waals surface area contributed by atoms with Crippen LogP contribution in [0, 0.1) is 11.8 Å².